The van der Waals surface area contributed by atoms with Crippen molar-refractivity contribution < 1.29 is 4.92 Å². The summed E-state index contributed by atoms with van der Waals surface area (Å²) in [4.78, 5) is 10.3. The molecular weight excluding hydrogens is 192 g/mol. The smallest absolute Gasteiger partial charge is 0.272 e. The highest BCUT2D eigenvalue weighted by Gasteiger charge is 2.43. The van der Waals surface area contributed by atoms with Crippen LogP contribution in [0, 0.1) is 17.0 Å². The Labute approximate surface area is 88.2 Å². The maximum absolute atomic E-state index is 10.6. The fourth-order valence-electron chi connectivity index (χ4n) is 1.95. The first-order chi connectivity index (χ1) is 7.09. The van der Waals surface area contributed by atoms with Crippen molar-refractivity contribution in [2.45, 2.75) is 25.2 Å². The summed E-state index contributed by atoms with van der Waals surface area (Å²) in [6, 6.07) is 5.32. The molecule has 0 heterocycles. The number of benzene rings is 1. The van der Waals surface area contributed by atoms with Gasteiger partial charge in [0.15, 0.2) is 0 Å². The Balaban J connectivity index is 2.38. The molecule has 2 rings (SSSR count). The predicted octanol–water partition coefficient (Wildman–Crippen LogP) is 1.89. The van der Waals surface area contributed by atoms with Crippen molar-refractivity contribution in [3.63, 3.8) is 0 Å². The Morgan fingerprint density at radius 3 is 2.60 bits per heavy atom. The van der Waals surface area contributed by atoms with Gasteiger partial charge in [-0.25, -0.2) is 0 Å². The van der Waals surface area contributed by atoms with Crippen LogP contribution >= 0.6 is 0 Å². The Morgan fingerprint density at radius 2 is 2.20 bits per heavy atom. The van der Waals surface area contributed by atoms with E-state index in [2.05, 4.69) is 0 Å². The first-order valence-corrected chi connectivity index (χ1v) is 5.05. The van der Waals surface area contributed by atoms with Gasteiger partial charge in [0.05, 0.1) is 4.92 Å². The second kappa shape index (κ2) is 3.31. The molecule has 0 unspecified atom stereocenters. The van der Waals surface area contributed by atoms with Crippen LogP contribution in [0.5, 0.6) is 0 Å². The second-order valence-electron chi connectivity index (χ2n) is 4.24. The lowest BCUT2D eigenvalue weighted by molar-refractivity contribution is -0.385. The zero-order valence-electron chi connectivity index (χ0n) is 8.69. The molecule has 4 heteroatoms. The van der Waals surface area contributed by atoms with E-state index in [1.807, 2.05) is 12.1 Å². The molecule has 0 saturated heterocycles. The zero-order chi connectivity index (χ0) is 11.1. The van der Waals surface area contributed by atoms with Crippen molar-refractivity contribution in [1.82, 2.24) is 0 Å². The molecule has 0 aromatic heterocycles. The number of hydrogen-bond donors (Lipinski definition) is 1. The van der Waals surface area contributed by atoms with Gasteiger partial charge in [-0.1, -0.05) is 6.07 Å². The second-order valence-corrected chi connectivity index (χ2v) is 4.24. The van der Waals surface area contributed by atoms with Gasteiger partial charge in [0, 0.05) is 23.6 Å². The lowest BCUT2D eigenvalue weighted by atomic mass is 9.94. The average Bonchev–Trinajstić information content (AvgIpc) is 2.97. The van der Waals surface area contributed by atoms with Gasteiger partial charge in [-0.2, -0.15) is 0 Å². The third-order valence-corrected chi connectivity index (χ3v) is 3.25. The summed E-state index contributed by atoms with van der Waals surface area (Å²) in [7, 11) is 0. The molecule has 2 N–H and O–H groups in total. The number of nitro groups is 1. The molecule has 0 radical (unpaired) electrons. The Morgan fingerprint density at radius 1 is 1.53 bits per heavy atom. The van der Waals surface area contributed by atoms with E-state index in [4.69, 9.17) is 5.73 Å². The van der Waals surface area contributed by atoms with E-state index in [-0.39, 0.29) is 16.0 Å². The van der Waals surface area contributed by atoms with Crippen molar-refractivity contribution in [3.05, 3.63) is 39.4 Å². The van der Waals surface area contributed by atoms with E-state index in [1.165, 1.54) is 0 Å². The molecule has 1 aromatic carbocycles. The van der Waals surface area contributed by atoms with Gasteiger partial charge in [0.25, 0.3) is 5.69 Å². The third-order valence-electron chi connectivity index (χ3n) is 3.25. The summed E-state index contributed by atoms with van der Waals surface area (Å²) in [5.74, 6) is 0. The average molecular weight is 206 g/mol. The van der Waals surface area contributed by atoms with Crippen LogP contribution in [-0.2, 0) is 5.41 Å². The summed E-state index contributed by atoms with van der Waals surface area (Å²) in [5.41, 5.74) is 7.88. The molecule has 1 fully saturated rings. The molecule has 15 heavy (non-hydrogen) atoms. The lowest BCUT2D eigenvalue weighted by Gasteiger charge is -2.13. The number of nitro benzene ring substituents is 1. The van der Waals surface area contributed by atoms with E-state index in [1.54, 1.807) is 13.0 Å². The number of nitrogens with two attached hydrogens (primary N) is 1. The third kappa shape index (κ3) is 1.61. The summed E-state index contributed by atoms with van der Waals surface area (Å²) in [6.07, 6.45) is 2.20. The normalized spacial score (nSPS) is 17.5. The van der Waals surface area contributed by atoms with Gasteiger partial charge in [-0.05, 0) is 31.4 Å². The maximum Gasteiger partial charge on any atom is 0.272 e. The fourth-order valence-corrected chi connectivity index (χ4v) is 1.95. The fraction of sp³-hybridized carbons (Fsp3) is 0.455. The highest BCUT2D eigenvalue weighted by atomic mass is 16.6. The molecule has 0 atom stereocenters. The van der Waals surface area contributed by atoms with E-state index in [0.717, 1.165) is 24.0 Å². The highest BCUT2D eigenvalue weighted by molar-refractivity contribution is 5.45. The summed E-state index contributed by atoms with van der Waals surface area (Å²) in [6.45, 7) is 2.40. The quantitative estimate of drug-likeness (QED) is 0.606. The molecule has 0 bridgehead atoms. The van der Waals surface area contributed by atoms with E-state index < -0.39 is 0 Å². The molecule has 0 amide bonds. The van der Waals surface area contributed by atoms with Crippen LogP contribution in [0.15, 0.2) is 18.2 Å². The highest BCUT2D eigenvalue weighted by Crippen LogP contribution is 2.47. The van der Waals surface area contributed by atoms with Gasteiger partial charge in [-0.15, -0.1) is 0 Å². The van der Waals surface area contributed by atoms with Crippen LogP contribution in [0.25, 0.3) is 0 Å². The summed E-state index contributed by atoms with van der Waals surface area (Å²) < 4.78 is 0. The topological polar surface area (TPSA) is 69.2 Å². The Kier molecular flexibility index (Phi) is 2.23. The SMILES string of the molecule is Cc1cc(C2(CN)CC2)ccc1[N+](=O)[O-]. The Hall–Kier alpha value is -1.42. The maximum atomic E-state index is 10.6. The van der Waals surface area contributed by atoms with Crippen molar-refractivity contribution in [2.24, 2.45) is 5.73 Å². The van der Waals surface area contributed by atoms with Crippen molar-refractivity contribution in [2.75, 3.05) is 6.54 Å². The number of nitrogens with zero attached hydrogens (tertiary/aromatic N) is 1. The summed E-state index contributed by atoms with van der Waals surface area (Å²) in [5, 5.41) is 10.6. The number of rotatable bonds is 3. The van der Waals surface area contributed by atoms with Gasteiger partial charge in [0.1, 0.15) is 0 Å². The van der Waals surface area contributed by atoms with Crippen LogP contribution in [-0.4, -0.2) is 11.5 Å². The van der Waals surface area contributed by atoms with E-state index >= 15 is 0 Å². The molecule has 80 valence electrons. The predicted molar refractivity (Wildman–Crippen MR) is 57.8 cm³/mol. The first-order valence-electron chi connectivity index (χ1n) is 5.05. The standard InChI is InChI=1S/C11H14N2O2/c1-8-6-9(11(7-12)4-5-11)2-3-10(8)13(14)15/h2-3,6H,4-5,7,12H2,1H3. The monoisotopic (exact) mass is 206 g/mol. The van der Waals surface area contributed by atoms with Gasteiger partial charge < -0.3 is 5.73 Å². The van der Waals surface area contributed by atoms with Crippen LogP contribution in [0.1, 0.15) is 24.0 Å². The minimum Gasteiger partial charge on any atom is -0.330 e. The van der Waals surface area contributed by atoms with Gasteiger partial charge >= 0.3 is 0 Å². The minimum absolute atomic E-state index is 0.111. The number of hydrogen-bond acceptors (Lipinski definition) is 3. The van der Waals surface area contributed by atoms with Crippen LogP contribution < -0.4 is 5.73 Å². The minimum atomic E-state index is -0.346. The molecule has 1 aliphatic rings. The number of aryl methyl sites for hydroxylation is 1. The van der Waals surface area contributed by atoms with Crippen molar-refractivity contribution in [1.29, 1.82) is 0 Å². The van der Waals surface area contributed by atoms with Gasteiger partial charge in [-0.3, -0.25) is 10.1 Å². The van der Waals surface area contributed by atoms with Crippen molar-refractivity contribution in [3.8, 4) is 0 Å². The molecule has 1 aliphatic carbocycles. The molecule has 0 spiro atoms. The first kappa shape index (κ1) is 10.1. The van der Waals surface area contributed by atoms with E-state index in [9.17, 15) is 10.1 Å². The molecule has 1 aromatic rings. The largest absolute Gasteiger partial charge is 0.330 e. The molecule has 4 nitrogen and oxygen atoms in total. The van der Waals surface area contributed by atoms with Crippen LogP contribution in [0.4, 0.5) is 5.69 Å². The van der Waals surface area contributed by atoms with Crippen molar-refractivity contribution >= 4 is 5.69 Å². The molecular formula is C11H14N2O2. The van der Waals surface area contributed by atoms with Crippen LogP contribution in [0.3, 0.4) is 0 Å². The molecule has 0 aliphatic heterocycles. The van der Waals surface area contributed by atoms with E-state index in [0.29, 0.717) is 6.54 Å². The summed E-state index contributed by atoms with van der Waals surface area (Å²) >= 11 is 0. The molecule has 1 saturated carbocycles. The lowest BCUT2D eigenvalue weighted by Crippen LogP contribution is -2.19. The van der Waals surface area contributed by atoms with Crippen LogP contribution in [0.2, 0.25) is 0 Å². The van der Waals surface area contributed by atoms with Gasteiger partial charge in [0.2, 0.25) is 0 Å². The Bertz CT molecular complexity index is 411. The zero-order valence-corrected chi connectivity index (χ0v) is 8.69.